The lowest BCUT2D eigenvalue weighted by atomic mass is 10.1. The van der Waals surface area contributed by atoms with Crippen LogP contribution in [0.4, 0.5) is 0 Å². The minimum atomic E-state index is 0.749. The molecule has 0 radical (unpaired) electrons. The summed E-state index contributed by atoms with van der Waals surface area (Å²) in [6.45, 7) is 0. The van der Waals surface area contributed by atoms with Crippen molar-refractivity contribution in [2.24, 2.45) is 0 Å². The molecule has 3 aromatic rings. The third kappa shape index (κ3) is 2.94. The second-order valence-corrected chi connectivity index (χ2v) is 7.08. The van der Waals surface area contributed by atoms with Crippen LogP contribution in [0.1, 0.15) is 0 Å². The van der Waals surface area contributed by atoms with Crippen molar-refractivity contribution in [2.45, 2.75) is 0 Å². The van der Waals surface area contributed by atoms with Gasteiger partial charge >= 0.3 is 0 Å². The van der Waals surface area contributed by atoms with E-state index in [1.807, 2.05) is 48.5 Å². The number of hydrogen-bond acceptors (Lipinski definition) is 1. The molecule has 0 amide bonds. The number of benzene rings is 2. The van der Waals surface area contributed by atoms with Crippen LogP contribution in [0.5, 0.6) is 0 Å². The Balaban J connectivity index is 2.02. The molecule has 0 fully saturated rings. The zero-order chi connectivity index (χ0) is 14.1. The van der Waals surface area contributed by atoms with Gasteiger partial charge in [-0.15, -0.1) is 11.3 Å². The van der Waals surface area contributed by atoms with Gasteiger partial charge in [-0.05, 0) is 57.4 Å². The highest BCUT2D eigenvalue weighted by molar-refractivity contribution is 9.10. The summed E-state index contributed by atoms with van der Waals surface area (Å²) in [4.78, 5) is 2.41. The Bertz CT molecular complexity index is 730. The molecule has 0 bridgehead atoms. The van der Waals surface area contributed by atoms with Gasteiger partial charge in [0.05, 0.1) is 0 Å². The Morgan fingerprint density at radius 3 is 1.80 bits per heavy atom. The van der Waals surface area contributed by atoms with Gasteiger partial charge in [-0.3, -0.25) is 0 Å². The van der Waals surface area contributed by atoms with Crippen LogP contribution in [-0.2, 0) is 0 Å². The van der Waals surface area contributed by atoms with Gasteiger partial charge in [0, 0.05) is 24.3 Å². The van der Waals surface area contributed by atoms with E-state index in [1.54, 1.807) is 11.3 Å². The second kappa shape index (κ2) is 5.90. The maximum atomic E-state index is 5.93. The first kappa shape index (κ1) is 14.2. The Kier molecular flexibility index (Phi) is 4.18. The first-order valence-electron chi connectivity index (χ1n) is 5.95. The van der Waals surface area contributed by atoms with Crippen LogP contribution in [0, 0.1) is 0 Å². The molecule has 0 saturated carbocycles. The van der Waals surface area contributed by atoms with E-state index in [4.69, 9.17) is 23.2 Å². The predicted molar refractivity (Wildman–Crippen MR) is 92.9 cm³/mol. The molecule has 0 N–H and O–H groups in total. The fourth-order valence-corrected chi connectivity index (χ4v) is 4.09. The molecule has 0 atom stereocenters. The molecule has 0 aliphatic carbocycles. The van der Waals surface area contributed by atoms with E-state index in [2.05, 4.69) is 22.0 Å². The highest BCUT2D eigenvalue weighted by Crippen LogP contribution is 2.41. The molecular formula is C16H9BrCl2S. The first-order valence-corrected chi connectivity index (χ1v) is 8.31. The molecule has 2 aromatic carbocycles. The lowest BCUT2D eigenvalue weighted by Gasteiger charge is -1.99. The van der Waals surface area contributed by atoms with Crippen LogP contribution < -0.4 is 0 Å². The standard InChI is InChI=1S/C16H9BrCl2S/c17-14-9-15(10-1-5-12(18)6-2-10)20-16(14)11-3-7-13(19)8-4-11/h1-9H. The topological polar surface area (TPSA) is 0 Å². The normalized spacial score (nSPS) is 10.8. The van der Waals surface area contributed by atoms with Gasteiger partial charge in [-0.2, -0.15) is 0 Å². The first-order chi connectivity index (χ1) is 9.63. The Morgan fingerprint density at radius 2 is 1.25 bits per heavy atom. The van der Waals surface area contributed by atoms with Crippen molar-refractivity contribution in [1.29, 1.82) is 0 Å². The van der Waals surface area contributed by atoms with Crippen LogP contribution >= 0.6 is 50.5 Å². The number of halogens is 3. The molecule has 0 aliphatic heterocycles. The number of rotatable bonds is 2. The van der Waals surface area contributed by atoms with Gasteiger partial charge in [0.25, 0.3) is 0 Å². The summed E-state index contributed by atoms with van der Waals surface area (Å²) in [6.07, 6.45) is 0. The third-order valence-electron chi connectivity index (χ3n) is 2.92. The zero-order valence-electron chi connectivity index (χ0n) is 10.2. The molecule has 0 saturated heterocycles. The minimum absolute atomic E-state index is 0.749. The highest BCUT2D eigenvalue weighted by atomic mass is 79.9. The SMILES string of the molecule is Clc1ccc(-c2cc(Br)c(-c3ccc(Cl)cc3)s2)cc1. The van der Waals surface area contributed by atoms with Crippen LogP contribution in [0.15, 0.2) is 59.1 Å². The lowest BCUT2D eigenvalue weighted by molar-refractivity contribution is 1.67. The monoisotopic (exact) mass is 382 g/mol. The summed E-state index contributed by atoms with van der Waals surface area (Å²) in [5.74, 6) is 0. The zero-order valence-corrected chi connectivity index (χ0v) is 14.2. The summed E-state index contributed by atoms with van der Waals surface area (Å²) in [6, 6.07) is 17.9. The summed E-state index contributed by atoms with van der Waals surface area (Å²) < 4.78 is 1.09. The molecule has 20 heavy (non-hydrogen) atoms. The van der Waals surface area contributed by atoms with Crippen LogP contribution in [0.2, 0.25) is 10.0 Å². The van der Waals surface area contributed by atoms with Crippen LogP contribution in [0.3, 0.4) is 0 Å². The second-order valence-electron chi connectivity index (χ2n) is 4.30. The maximum absolute atomic E-state index is 5.93. The maximum Gasteiger partial charge on any atom is 0.0491 e. The Labute approximate surface area is 140 Å². The predicted octanol–water partition coefficient (Wildman–Crippen LogP) is 7.15. The minimum Gasteiger partial charge on any atom is -0.134 e. The molecule has 0 nitrogen and oxygen atoms in total. The molecule has 3 rings (SSSR count). The van der Waals surface area contributed by atoms with E-state index in [0.29, 0.717) is 0 Å². The van der Waals surface area contributed by atoms with E-state index in [9.17, 15) is 0 Å². The van der Waals surface area contributed by atoms with Crippen molar-refractivity contribution in [3.63, 3.8) is 0 Å². The number of thiophene rings is 1. The van der Waals surface area contributed by atoms with Crippen molar-refractivity contribution in [2.75, 3.05) is 0 Å². The van der Waals surface area contributed by atoms with E-state index in [1.165, 1.54) is 15.3 Å². The fourth-order valence-electron chi connectivity index (χ4n) is 1.92. The molecule has 100 valence electrons. The largest absolute Gasteiger partial charge is 0.134 e. The van der Waals surface area contributed by atoms with Gasteiger partial charge in [0.2, 0.25) is 0 Å². The molecular weight excluding hydrogens is 375 g/mol. The van der Waals surface area contributed by atoms with Crippen molar-refractivity contribution < 1.29 is 0 Å². The summed E-state index contributed by atoms with van der Waals surface area (Å²) in [5, 5.41) is 1.50. The van der Waals surface area contributed by atoms with Crippen molar-refractivity contribution in [3.05, 3.63) is 69.1 Å². The van der Waals surface area contributed by atoms with Crippen molar-refractivity contribution >= 4 is 50.5 Å². The van der Waals surface area contributed by atoms with E-state index in [-0.39, 0.29) is 0 Å². The summed E-state index contributed by atoms with van der Waals surface area (Å²) in [7, 11) is 0. The van der Waals surface area contributed by atoms with E-state index < -0.39 is 0 Å². The Morgan fingerprint density at radius 1 is 0.750 bits per heavy atom. The average Bonchev–Trinajstić information content (AvgIpc) is 2.82. The van der Waals surface area contributed by atoms with Gasteiger partial charge < -0.3 is 0 Å². The van der Waals surface area contributed by atoms with Gasteiger partial charge in [-0.1, -0.05) is 47.5 Å². The smallest absolute Gasteiger partial charge is 0.0491 e. The molecule has 1 aromatic heterocycles. The van der Waals surface area contributed by atoms with Crippen LogP contribution in [0.25, 0.3) is 20.9 Å². The summed E-state index contributed by atoms with van der Waals surface area (Å²) >= 11 is 17.2. The molecule has 4 heteroatoms. The van der Waals surface area contributed by atoms with E-state index in [0.717, 1.165) is 20.1 Å². The van der Waals surface area contributed by atoms with Gasteiger partial charge in [0.1, 0.15) is 0 Å². The van der Waals surface area contributed by atoms with Gasteiger partial charge in [-0.25, -0.2) is 0 Å². The Hall–Kier alpha value is -0.800. The summed E-state index contributed by atoms with van der Waals surface area (Å²) in [5.41, 5.74) is 2.33. The fraction of sp³-hybridized carbons (Fsp3) is 0. The molecule has 0 spiro atoms. The highest BCUT2D eigenvalue weighted by Gasteiger charge is 2.10. The average molecular weight is 384 g/mol. The molecule has 1 heterocycles. The third-order valence-corrected chi connectivity index (χ3v) is 5.55. The van der Waals surface area contributed by atoms with Crippen molar-refractivity contribution in [1.82, 2.24) is 0 Å². The van der Waals surface area contributed by atoms with Crippen molar-refractivity contribution in [3.8, 4) is 20.9 Å². The lowest BCUT2D eigenvalue weighted by Crippen LogP contribution is -1.72. The van der Waals surface area contributed by atoms with E-state index >= 15 is 0 Å². The van der Waals surface area contributed by atoms with Gasteiger partial charge in [0.15, 0.2) is 0 Å². The quantitative estimate of drug-likeness (QED) is 0.440. The molecule has 0 aliphatic rings. The van der Waals surface area contributed by atoms with Crippen LogP contribution in [-0.4, -0.2) is 0 Å². The molecule has 0 unspecified atom stereocenters. The number of hydrogen-bond donors (Lipinski definition) is 0.